The van der Waals surface area contributed by atoms with Crippen LogP contribution in [0.4, 0.5) is 5.69 Å². The van der Waals surface area contributed by atoms with Crippen molar-refractivity contribution in [3.63, 3.8) is 0 Å². The van der Waals surface area contributed by atoms with E-state index in [9.17, 15) is 14.4 Å². The van der Waals surface area contributed by atoms with Gasteiger partial charge in [-0.15, -0.1) is 11.3 Å². The Balaban J connectivity index is 1.64. The van der Waals surface area contributed by atoms with Crippen molar-refractivity contribution >= 4 is 33.1 Å². The molecule has 1 aliphatic rings. The molecule has 0 bridgehead atoms. The van der Waals surface area contributed by atoms with Crippen LogP contribution in [0.3, 0.4) is 0 Å². The molecule has 1 aliphatic heterocycles. The van der Waals surface area contributed by atoms with E-state index in [2.05, 4.69) is 0 Å². The fourth-order valence-electron chi connectivity index (χ4n) is 4.32. The summed E-state index contributed by atoms with van der Waals surface area (Å²) in [6.07, 6.45) is 0. The minimum atomic E-state index is -0.524. The molecule has 5 rings (SSSR count). The summed E-state index contributed by atoms with van der Waals surface area (Å²) in [4.78, 5) is 41.9. The second-order valence-corrected chi connectivity index (χ2v) is 9.22. The van der Waals surface area contributed by atoms with Crippen molar-refractivity contribution in [2.24, 2.45) is 0 Å². The van der Waals surface area contributed by atoms with Crippen LogP contribution in [0.15, 0.2) is 57.4 Å². The zero-order valence-electron chi connectivity index (χ0n) is 18.6. The molecule has 0 spiro atoms. The van der Waals surface area contributed by atoms with Crippen molar-refractivity contribution in [1.29, 1.82) is 0 Å². The number of aryl methyl sites for hydroxylation is 3. The van der Waals surface area contributed by atoms with Gasteiger partial charge in [0.15, 0.2) is 0 Å². The number of rotatable bonds is 3. The highest BCUT2D eigenvalue weighted by molar-refractivity contribution is 7.17. The van der Waals surface area contributed by atoms with Gasteiger partial charge >= 0.3 is 5.69 Å². The fraction of sp³-hybridized carbons (Fsp3) is 0.240. The molecular formula is C25H23N3O4S. The molecule has 0 saturated carbocycles. The normalized spacial score (nSPS) is 13.1. The molecule has 0 unspecified atom stereocenters. The van der Waals surface area contributed by atoms with E-state index in [1.807, 2.05) is 51.1 Å². The lowest BCUT2D eigenvalue weighted by Gasteiger charge is -2.30. The first-order valence-corrected chi connectivity index (χ1v) is 11.6. The SMILES string of the molecule is Cc1ccc(-n2c(=O)c3sccc3n(CC(=O)N3CCOc4ccc(C)cc43)c2=O)c(C)c1. The Morgan fingerprint density at radius 2 is 1.76 bits per heavy atom. The molecule has 2 aromatic carbocycles. The summed E-state index contributed by atoms with van der Waals surface area (Å²) in [6, 6.07) is 13.0. The third-order valence-electron chi connectivity index (χ3n) is 5.92. The van der Waals surface area contributed by atoms with E-state index in [1.54, 1.807) is 22.4 Å². The van der Waals surface area contributed by atoms with E-state index in [4.69, 9.17) is 4.74 Å². The maximum atomic E-state index is 13.6. The van der Waals surface area contributed by atoms with Gasteiger partial charge < -0.3 is 9.64 Å². The molecule has 168 valence electrons. The zero-order chi connectivity index (χ0) is 23.3. The summed E-state index contributed by atoms with van der Waals surface area (Å²) in [5, 5.41) is 1.77. The first-order chi connectivity index (χ1) is 15.8. The highest BCUT2D eigenvalue weighted by Crippen LogP contribution is 2.32. The molecule has 7 nitrogen and oxygen atoms in total. The lowest BCUT2D eigenvalue weighted by molar-refractivity contribution is -0.119. The highest BCUT2D eigenvalue weighted by Gasteiger charge is 2.26. The average molecular weight is 462 g/mol. The van der Waals surface area contributed by atoms with Gasteiger partial charge in [-0.3, -0.25) is 14.2 Å². The van der Waals surface area contributed by atoms with E-state index < -0.39 is 5.69 Å². The number of aromatic nitrogens is 2. The largest absolute Gasteiger partial charge is 0.490 e. The number of carbonyl (C=O) groups excluding carboxylic acids is 1. The maximum Gasteiger partial charge on any atom is 0.336 e. The molecule has 0 N–H and O–H groups in total. The van der Waals surface area contributed by atoms with Gasteiger partial charge in [0.1, 0.15) is 23.6 Å². The summed E-state index contributed by atoms with van der Waals surface area (Å²) in [6.45, 7) is 6.39. The maximum absolute atomic E-state index is 13.6. The molecular weight excluding hydrogens is 438 g/mol. The van der Waals surface area contributed by atoms with Crippen LogP contribution in [0.1, 0.15) is 16.7 Å². The summed E-state index contributed by atoms with van der Waals surface area (Å²) < 4.78 is 8.73. The molecule has 0 radical (unpaired) electrons. The summed E-state index contributed by atoms with van der Waals surface area (Å²) in [5.74, 6) is 0.416. The number of thiophene rings is 1. The second kappa shape index (κ2) is 8.04. The molecule has 0 fully saturated rings. The summed E-state index contributed by atoms with van der Waals surface area (Å²) in [5.41, 5.74) is 3.68. The van der Waals surface area contributed by atoms with Gasteiger partial charge in [-0.25, -0.2) is 9.36 Å². The molecule has 0 saturated heterocycles. The van der Waals surface area contributed by atoms with E-state index >= 15 is 0 Å². The molecule has 4 aromatic rings. The lowest BCUT2D eigenvalue weighted by Crippen LogP contribution is -2.44. The van der Waals surface area contributed by atoms with Crippen LogP contribution >= 0.6 is 11.3 Å². The fourth-order valence-corrected chi connectivity index (χ4v) is 5.14. The number of amides is 1. The van der Waals surface area contributed by atoms with Gasteiger partial charge in [0.2, 0.25) is 5.91 Å². The van der Waals surface area contributed by atoms with Gasteiger partial charge in [-0.2, -0.15) is 0 Å². The third-order valence-corrected chi connectivity index (χ3v) is 6.81. The quantitative estimate of drug-likeness (QED) is 0.468. The van der Waals surface area contributed by atoms with E-state index in [0.29, 0.717) is 40.5 Å². The van der Waals surface area contributed by atoms with Crippen LogP contribution in [-0.2, 0) is 11.3 Å². The molecule has 33 heavy (non-hydrogen) atoms. The Bertz CT molecular complexity index is 1530. The Hall–Kier alpha value is -3.65. The number of nitrogens with zero attached hydrogens (tertiary/aromatic N) is 3. The number of ether oxygens (including phenoxy) is 1. The first kappa shape index (κ1) is 21.2. The molecule has 3 heterocycles. The number of benzene rings is 2. The summed E-state index contributed by atoms with van der Waals surface area (Å²) >= 11 is 1.27. The van der Waals surface area contributed by atoms with Crippen molar-refractivity contribution in [2.75, 3.05) is 18.1 Å². The highest BCUT2D eigenvalue weighted by atomic mass is 32.1. The Morgan fingerprint density at radius 3 is 2.55 bits per heavy atom. The first-order valence-electron chi connectivity index (χ1n) is 10.7. The smallest absolute Gasteiger partial charge is 0.336 e. The van der Waals surface area contributed by atoms with E-state index in [0.717, 1.165) is 16.7 Å². The van der Waals surface area contributed by atoms with Gasteiger partial charge in [0, 0.05) is 0 Å². The lowest BCUT2D eigenvalue weighted by atomic mass is 10.1. The topological polar surface area (TPSA) is 73.5 Å². The van der Waals surface area contributed by atoms with Crippen molar-refractivity contribution < 1.29 is 9.53 Å². The molecule has 1 amide bonds. The Kier molecular flexibility index (Phi) is 5.17. The predicted octanol–water partition coefficient (Wildman–Crippen LogP) is 3.56. The Morgan fingerprint density at radius 1 is 1.00 bits per heavy atom. The number of fused-ring (bicyclic) bond motifs is 2. The van der Waals surface area contributed by atoms with Crippen LogP contribution in [0, 0.1) is 20.8 Å². The van der Waals surface area contributed by atoms with Gasteiger partial charge in [-0.1, -0.05) is 23.8 Å². The monoisotopic (exact) mass is 461 g/mol. The van der Waals surface area contributed by atoms with Crippen molar-refractivity contribution in [3.8, 4) is 11.4 Å². The van der Waals surface area contributed by atoms with E-state index in [1.165, 1.54) is 20.5 Å². The standard InChI is InChI=1S/C25H23N3O4S/c1-15-4-6-18(17(3)12-15)28-24(30)23-19(8-11-33-23)27(25(28)31)14-22(29)26-9-10-32-21-7-5-16(2)13-20(21)26/h4-8,11-13H,9-10,14H2,1-3H3. The summed E-state index contributed by atoms with van der Waals surface area (Å²) in [7, 11) is 0. The Labute approximate surface area is 194 Å². The average Bonchev–Trinajstić information content (AvgIpc) is 3.27. The van der Waals surface area contributed by atoms with Crippen LogP contribution in [0.5, 0.6) is 5.75 Å². The predicted molar refractivity (Wildman–Crippen MR) is 130 cm³/mol. The minimum absolute atomic E-state index is 0.176. The zero-order valence-corrected chi connectivity index (χ0v) is 19.4. The minimum Gasteiger partial charge on any atom is -0.490 e. The number of carbonyl (C=O) groups is 1. The number of anilines is 1. The second-order valence-electron chi connectivity index (χ2n) is 8.30. The number of hydrogen-bond acceptors (Lipinski definition) is 5. The van der Waals surface area contributed by atoms with Crippen LogP contribution < -0.4 is 20.9 Å². The molecule has 0 atom stereocenters. The third kappa shape index (κ3) is 3.56. The van der Waals surface area contributed by atoms with Crippen LogP contribution in [0.2, 0.25) is 0 Å². The molecule has 2 aromatic heterocycles. The van der Waals surface area contributed by atoms with Crippen molar-refractivity contribution in [2.45, 2.75) is 27.3 Å². The van der Waals surface area contributed by atoms with Gasteiger partial charge in [0.25, 0.3) is 5.56 Å². The van der Waals surface area contributed by atoms with Crippen molar-refractivity contribution in [3.05, 3.63) is 85.4 Å². The van der Waals surface area contributed by atoms with Crippen LogP contribution in [0.25, 0.3) is 15.9 Å². The number of hydrogen-bond donors (Lipinski definition) is 0. The molecule has 8 heteroatoms. The van der Waals surface area contributed by atoms with Gasteiger partial charge in [0.05, 0.1) is 23.4 Å². The molecule has 0 aliphatic carbocycles. The van der Waals surface area contributed by atoms with Crippen LogP contribution in [-0.4, -0.2) is 28.2 Å². The van der Waals surface area contributed by atoms with Crippen molar-refractivity contribution in [1.82, 2.24) is 9.13 Å². The van der Waals surface area contributed by atoms with Gasteiger partial charge in [-0.05, 0) is 61.5 Å². The van der Waals surface area contributed by atoms with E-state index in [-0.39, 0.29) is 18.0 Å².